The second-order valence-corrected chi connectivity index (χ2v) is 8.31. The molecule has 0 aliphatic carbocycles. The topological polar surface area (TPSA) is 61.4 Å². The molecule has 1 saturated heterocycles. The molecular formula is C22H25N3O2S. The number of aryl methyl sites for hydroxylation is 1. The van der Waals surface area contributed by atoms with Gasteiger partial charge in [-0.1, -0.05) is 31.2 Å². The van der Waals surface area contributed by atoms with Gasteiger partial charge in [-0.05, 0) is 35.7 Å². The third kappa shape index (κ3) is 3.93. The summed E-state index contributed by atoms with van der Waals surface area (Å²) in [6.07, 6.45) is 1.50. The fourth-order valence-corrected chi connectivity index (χ4v) is 4.68. The van der Waals surface area contributed by atoms with Gasteiger partial charge in [-0.3, -0.25) is 9.59 Å². The van der Waals surface area contributed by atoms with Crippen molar-refractivity contribution < 1.29 is 9.59 Å². The lowest BCUT2D eigenvalue weighted by atomic mass is 10.00. The van der Waals surface area contributed by atoms with Crippen molar-refractivity contribution in [1.82, 2.24) is 10.2 Å². The number of nitrogens with zero attached hydrogens (tertiary/aromatic N) is 1. The van der Waals surface area contributed by atoms with Crippen LogP contribution in [0.5, 0.6) is 0 Å². The largest absolute Gasteiger partial charge is 0.329 e. The summed E-state index contributed by atoms with van der Waals surface area (Å²) in [6, 6.07) is 14.2. The summed E-state index contributed by atoms with van der Waals surface area (Å²) in [4.78, 5) is 28.2. The highest BCUT2D eigenvalue weighted by molar-refractivity contribution is 7.99. The van der Waals surface area contributed by atoms with E-state index >= 15 is 0 Å². The Morgan fingerprint density at radius 2 is 2.04 bits per heavy atom. The Morgan fingerprint density at radius 3 is 2.82 bits per heavy atom. The fraction of sp³-hybridized carbons (Fsp3) is 0.364. The molecule has 2 heterocycles. The Morgan fingerprint density at radius 1 is 1.21 bits per heavy atom. The summed E-state index contributed by atoms with van der Waals surface area (Å²) in [7, 11) is 0. The number of anilines is 1. The molecule has 1 atom stereocenters. The quantitative estimate of drug-likeness (QED) is 0.835. The number of hydrogen-bond acceptors (Lipinski definition) is 4. The zero-order chi connectivity index (χ0) is 19.5. The van der Waals surface area contributed by atoms with E-state index in [1.54, 1.807) is 11.8 Å². The number of carbonyl (C=O) groups is 2. The molecule has 0 bridgehead atoms. The number of nitrogens with one attached hydrogen (secondary N) is 2. The Labute approximate surface area is 169 Å². The van der Waals surface area contributed by atoms with Crippen molar-refractivity contribution >= 4 is 29.3 Å². The SMILES string of the molecule is CCc1ccc(C2CNCCN2C(=O)c2ccc3c(c2)NC(=O)CCS3)cc1. The average Bonchev–Trinajstić information content (AvgIpc) is 2.93. The summed E-state index contributed by atoms with van der Waals surface area (Å²) < 4.78 is 0. The van der Waals surface area contributed by atoms with E-state index in [9.17, 15) is 9.59 Å². The van der Waals surface area contributed by atoms with E-state index in [1.807, 2.05) is 23.1 Å². The van der Waals surface area contributed by atoms with Gasteiger partial charge in [0, 0.05) is 42.3 Å². The molecule has 2 aromatic rings. The molecule has 28 heavy (non-hydrogen) atoms. The van der Waals surface area contributed by atoms with Gasteiger partial charge in [-0.2, -0.15) is 0 Å². The fourth-order valence-electron chi connectivity index (χ4n) is 3.74. The summed E-state index contributed by atoms with van der Waals surface area (Å²) in [5.74, 6) is 0.781. The second-order valence-electron chi connectivity index (χ2n) is 7.17. The van der Waals surface area contributed by atoms with Crippen molar-refractivity contribution in [2.24, 2.45) is 0 Å². The molecule has 4 rings (SSSR count). The van der Waals surface area contributed by atoms with E-state index < -0.39 is 0 Å². The highest BCUT2D eigenvalue weighted by Crippen LogP contribution is 2.33. The predicted molar refractivity (Wildman–Crippen MR) is 113 cm³/mol. The van der Waals surface area contributed by atoms with Crippen molar-refractivity contribution in [3.8, 4) is 0 Å². The Hall–Kier alpha value is -2.31. The number of fused-ring (bicyclic) bond motifs is 1. The molecule has 0 aromatic heterocycles. The molecule has 5 nitrogen and oxygen atoms in total. The van der Waals surface area contributed by atoms with Gasteiger partial charge in [0.1, 0.15) is 0 Å². The van der Waals surface area contributed by atoms with Crippen LogP contribution >= 0.6 is 11.8 Å². The summed E-state index contributed by atoms with van der Waals surface area (Å²) in [5, 5.41) is 6.34. The monoisotopic (exact) mass is 395 g/mol. The van der Waals surface area contributed by atoms with Gasteiger partial charge in [0.2, 0.25) is 5.91 Å². The molecular weight excluding hydrogens is 370 g/mol. The number of benzene rings is 2. The highest BCUT2D eigenvalue weighted by atomic mass is 32.2. The zero-order valence-corrected chi connectivity index (χ0v) is 16.8. The molecule has 1 fully saturated rings. The summed E-state index contributed by atoms with van der Waals surface area (Å²) >= 11 is 1.65. The van der Waals surface area contributed by atoms with Crippen molar-refractivity contribution in [2.75, 3.05) is 30.7 Å². The summed E-state index contributed by atoms with van der Waals surface area (Å²) in [5.41, 5.74) is 3.82. The number of hydrogen-bond donors (Lipinski definition) is 2. The van der Waals surface area contributed by atoms with Crippen molar-refractivity contribution in [2.45, 2.75) is 30.7 Å². The lowest BCUT2D eigenvalue weighted by Gasteiger charge is -2.37. The maximum absolute atomic E-state index is 13.3. The van der Waals surface area contributed by atoms with Gasteiger partial charge in [0.15, 0.2) is 0 Å². The van der Waals surface area contributed by atoms with E-state index in [2.05, 4.69) is 41.8 Å². The minimum Gasteiger partial charge on any atom is -0.329 e. The molecule has 2 aliphatic heterocycles. The van der Waals surface area contributed by atoms with Crippen molar-refractivity contribution in [3.63, 3.8) is 0 Å². The molecule has 2 aliphatic rings. The Bertz CT molecular complexity index is 882. The summed E-state index contributed by atoms with van der Waals surface area (Å²) in [6.45, 7) is 4.33. The van der Waals surface area contributed by atoms with Gasteiger partial charge in [-0.15, -0.1) is 11.8 Å². The third-order valence-electron chi connectivity index (χ3n) is 5.36. The normalized spacial score (nSPS) is 19.5. The lowest BCUT2D eigenvalue weighted by molar-refractivity contribution is -0.115. The Kier molecular flexibility index (Phi) is 5.69. The maximum atomic E-state index is 13.3. The molecule has 0 radical (unpaired) electrons. The molecule has 2 aromatic carbocycles. The molecule has 2 amide bonds. The molecule has 146 valence electrons. The molecule has 1 unspecified atom stereocenters. The van der Waals surface area contributed by atoms with E-state index in [0.29, 0.717) is 18.5 Å². The van der Waals surface area contributed by atoms with Gasteiger partial charge >= 0.3 is 0 Å². The van der Waals surface area contributed by atoms with Crippen LogP contribution in [0, 0.1) is 0 Å². The van der Waals surface area contributed by atoms with E-state index in [0.717, 1.165) is 41.4 Å². The first-order valence-corrected chi connectivity index (χ1v) is 10.8. The van der Waals surface area contributed by atoms with Crippen LogP contribution in [0.1, 0.15) is 40.9 Å². The van der Waals surface area contributed by atoms with Crippen LogP contribution in [-0.2, 0) is 11.2 Å². The van der Waals surface area contributed by atoms with Crippen LogP contribution in [0.2, 0.25) is 0 Å². The van der Waals surface area contributed by atoms with Gasteiger partial charge in [0.25, 0.3) is 5.91 Å². The first-order chi connectivity index (χ1) is 13.7. The standard InChI is InChI=1S/C22H25N3O2S/c1-2-15-3-5-16(6-4-15)19-14-23-10-11-25(19)22(27)17-7-8-20-18(13-17)24-21(26)9-12-28-20/h3-8,13,19,23H,2,9-12,14H2,1H3,(H,24,26). The smallest absolute Gasteiger partial charge is 0.254 e. The second kappa shape index (κ2) is 8.37. The minimum absolute atomic E-state index is 0.00640. The third-order valence-corrected chi connectivity index (χ3v) is 6.44. The van der Waals surface area contributed by atoms with Crippen molar-refractivity contribution in [1.29, 1.82) is 0 Å². The first-order valence-electron chi connectivity index (χ1n) is 9.83. The zero-order valence-electron chi connectivity index (χ0n) is 16.0. The molecule has 6 heteroatoms. The van der Waals surface area contributed by atoms with Crippen LogP contribution in [0.25, 0.3) is 0 Å². The minimum atomic E-state index is 0.00640. The maximum Gasteiger partial charge on any atom is 0.254 e. The van der Waals surface area contributed by atoms with E-state index in [1.165, 1.54) is 5.56 Å². The molecule has 0 spiro atoms. The lowest BCUT2D eigenvalue weighted by Crippen LogP contribution is -2.48. The van der Waals surface area contributed by atoms with Gasteiger partial charge in [-0.25, -0.2) is 0 Å². The number of thioether (sulfide) groups is 1. The Balaban J connectivity index is 1.60. The highest BCUT2D eigenvalue weighted by Gasteiger charge is 2.29. The number of carbonyl (C=O) groups excluding carboxylic acids is 2. The first kappa shape index (κ1) is 19.0. The van der Waals surface area contributed by atoms with Crippen LogP contribution < -0.4 is 10.6 Å². The van der Waals surface area contributed by atoms with Crippen molar-refractivity contribution in [3.05, 3.63) is 59.2 Å². The molecule has 2 N–H and O–H groups in total. The van der Waals surface area contributed by atoms with E-state index in [4.69, 9.17) is 0 Å². The van der Waals surface area contributed by atoms with Crippen LogP contribution in [0.15, 0.2) is 47.4 Å². The van der Waals surface area contributed by atoms with E-state index in [-0.39, 0.29) is 17.9 Å². The van der Waals surface area contributed by atoms with Crippen LogP contribution in [0.4, 0.5) is 5.69 Å². The predicted octanol–water partition coefficient (Wildman–Crippen LogP) is 3.47. The number of rotatable bonds is 3. The van der Waals surface area contributed by atoms with Gasteiger partial charge < -0.3 is 15.5 Å². The molecule has 0 saturated carbocycles. The number of amides is 2. The van der Waals surface area contributed by atoms with Gasteiger partial charge in [0.05, 0.1) is 11.7 Å². The van der Waals surface area contributed by atoms with Crippen LogP contribution in [-0.4, -0.2) is 42.1 Å². The number of piperazine rings is 1. The average molecular weight is 396 g/mol. The van der Waals surface area contributed by atoms with Crippen LogP contribution in [0.3, 0.4) is 0 Å².